The number of hydrogen-bond donors (Lipinski definition) is 0. The van der Waals surface area contributed by atoms with Gasteiger partial charge in [0.05, 0.1) is 17.8 Å². The van der Waals surface area contributed by atoms with Crippen LogP contribution >= 0.6 is 0 Å². The summed E-state index contributed by atoms with van der Waals surface area (Å²) in [6.45, 7) is 1.33. The van der Waals surface area contributed by atoms with Crippen molar-refractivity contribution in [3.8, 4) is 16.9 Å². The molecule has 1 atom stereocenters. The summed E-state index contributed by atoms with van der Waals surface area (Å²) in [6.07, 6.45) is 0.652. The maximum atomic E-state index is 13.5. The third kappa shape index (κ3) is 5.29. The molecular weight excluding hydrogens is 473 g/mol. The molecule has 1 aliphatic heterocycles. The van der Waals surface area contributed by atoms with Crippen LogP contribution < -0.4 is 9.64 Å². The van der Waals surface area contributed by atoms with E-state index in [-0.39, 0.29) is 22.4 Å². The number of fused-ring (bicyclic) bond motifs is 1. The Morgan fingerprint density at radius 1 is 0.889 bits per heavy atom. The third-order valence-electron chi connectivity index (χ3n) is 6.66. The summed E-state index contributed by atoms with van der Waals surface area (Å²) in [5.41, 5.74) is 5.30. The lowest BCUT2D eigenvalue weighted by Crippen LogP contribution is -2.38. The number of nitrogens with zero attached hydrogens (tertiary/aromatic N) is 1. The normalized spacial score (nSPS) is 15.4. The van der Waals surface area contributed by atoms with Gasteiger partial charge in [-0.3, -0.25) is 0 Å². The van der Waals surface area contributed by atoms with Gasteiger partial charge in [-0.2, -0.15) is 0 Å². The zero-order valence-corrected chi connectivity index (χ0v) is 20.9. The quantitative estimate of drug-likeness (QED) is 0.305. The van der Waals surface area contributed by atoms with Gasteiger partial charge >= 0.3 is 0 Å². The molecule has 0 bridgehead atoms. The Balaban J connectivity index is 1.47. The molecule has 1 aliphatic rings. The maximum Gasteiger partial charge on any atom is 0.178 e. The molecule has 4 aromatic rings. The van der Waals surface area contributed by atoms with Gasteiger partial charge in [-0.1, -0.05) is 54.6 Å². The fourth-order valence-corrected chi connectivity index (χ4v) is 6.55. The van der Waals surface area contributed by atoms with E-state index in [1.54, 1.807) is 36.4 Å². The van der Waals surface area contributed by atoms with Crippen LogP contribution in [0.5, 0.6) is 5.75 Å². The number of anilines is 1. The van der Waals surface area contributed by atoms with Crippen LogP contribution in [0.2, 0.25) is 0 Å². The second-order valence-electron chi connectivity index (χ2n) is 9.25. The van der Waals surface area contributed by atoms with E-state index in [1.807, 2.05) is 18.2 Å². The molecular formula is C30H28FNO3S. The number of sulfone groups is 1. The zero-order valence-electron chi connectivity index (χ0n) is 20.1. The average molecular weight is 502 g/mol. The Kier molecular flexibility index (Phi) is 6.79. The van der Waals surface area contributed by atoms with Crippen LogP contribution in [-0.2, 0) is 22.8 Å². The second-order valence-corrected chi connectivity index (χ2v) is 11.3. The molecule has 4 nitrogen and oxygen atoms in total. The van der Waals surface area contributed by atoms with Crippen LogP contribution in [-0.4, -0.2) is 27.8 Å². The van der Waals surface area contributed by atoms with Crippen molar-refractivity contribution in [2.24, 2.45) is 5.92 Å². The van der Waals surface area contributed by atoms with Crippen LogP contribution in [0, 0.1) is 11.7 Å². The Labute approximate surface area is 211 Å². The largest absolute Gasteiger partial charge is 0.497 e. The fourth-order valence-electron chi connectivity index (χ4n) is 4.93. The molecule has 184 valence electrons. The van der Waals surface area contributed by atoms with Gasteiger partial charge in [-0.25, -0.2) is 12.8 Å². The number of rotatable bonds is 7. The molecule has 6 heteroatoms. The summed E-state index contributed by atoms with van der Waals surface area (Å²) in [5, 5.41) is 0. The SMILES string of the molecule is COc1cccc(S(=O)(=O)CC2Cc3cc(-c4ccc(F)cc4)ccc3N(Cc3ccccc3)C2)c1. The minimum absolute atomic E-state index is 0.0473. The number of hydrogen-bond acceptors (Lipinski definition) is 4. The van der Waals surface area contributed by atoms with Gasteiger partial charge in [0.2, 0.25) is 0 Å². The van der Waals surface area contributed by atoms with Gasteiger partial charge in [0.25, 0.3) is 0 Å². The van der Waals surface area contributed by atoms with E-state index in [0.717, 1.165) is 22.4 Å². The van der Waals surface area contributed by atoms with Crippen molar-refractivity contribution in [1.29, 1.82) is 0 Å². The summed E-state index contributed by atoms with van der Waals surface area (Å²) in [4.78, 5) is 2.55. The van der Waals surface area contributed by atoms with Crippen LogP contribution in [0.15, 0.2) is 102 Å². The van der Waals surface area contributed by atoms with Crippen molar-refractivity contribution >= 4 is 15.5 Å². The summed E-state index contributed by atoms with van der Waals surface area (Å²) in [7, 11) is -1.97. The smallest absolute Gasteiger partial charge is 0.178 e. The van der Waals surface area contributed by atoms with E-state index in [9.17, 15) is 12.8 Å². The Morgan fingerprint density at radius 3 is 2.39 bits per heavy atom. The first-order chi connectivity index (χ1) is 17.4. The van der Waals surface area contributed by atoms with Crippen LogP contribution in [0.4, 0.5) is 10.1 Å². The summed E-state index contributed by atoms with van der Waals surface area (Å²) in [6, 6.07) is 29.6. The number of ether oxygens (including phenoxy) is 1. The number of benzene rings is 4. The topological polar surface area (TPSA) is 46.6 Å². The van der Waals surface area contributed by atoms with Gasteiger partial charge in [0, 0.05) is 18.8 Å². The Bertz CT molecular complexity index is 1450. The first kappa shape index (κ1) is 24.1. The van der Waals surface area contributed by atoms with Crippen LogP contribution in [0.1, 0.15) is 11.1 Å². The molecule has 36 heavy (non-hydrogen) atoms. The standard InChI is InChI=1S/C30H28FNO3S/c1-35-28-8-5-9-29(18-28)36(33,34)21-23-16-26-17-25(24-10-13-27(31)14-11-24)12-15-30(26)32(20-23)19-22-6-3-2-4-7-22/h2-15,17-18,23H,16,19-21H2,1H3. The highest BCUT2D eigenvalue weighted by Crippen LogP contribution is 2.35. The second kappa shape index (κ2) is 10.2. The minimum atomic E-state index is -3.51. The number of methoxy groups -OCH3 is 1. The van der Waals surface area contributed by atoms with Crippen LogP contribution in [0.3, 0.4) is 0 Å². The maximum absolute atomic E-state index is 13.5. The summed E-state index contributed by atoms with van der Waals surface area (Å²) in [5.74, 6) is 0.222. The Hall–Kier alpha value is -3.64. The molecule has 0 N–H and O–H groups in total. The minimum Gasteiger partial charge on any atom is -0.497 e. The first-order valence-electron chi connectivity index (χ1n) is 12.0. The van der Waals surface area contributed by atoms with E-state index in [0.29, 0.717) is 25.3 Å². The Morgan fingerprint density at radius 2 is 1.64 bits per heavy atom. The van der Waals surface area contributed by atoms with Gasteiger partial charge in [0.15, 0.2) is 9.84 Å². The lowest BCUT2D eigenvalue weighted by Gasteiger charge is -2.36. The molecule has 0 radical (unpaired) electrons. The lowest BCUT2D eigenvalue weighted by atomic mass is 9.90. The molecule has 0 aliphatic carbocycles. The first-order valence-corrected chi connectivity index (χ1v) is 13.6. The highest BCUT2D eigenvalue weighted by molar-refractivity contribution is 7.91. The fraction of sp³-hybridized carbons (Fsp3) is 0.200. The monoisotopic (exact) mass is 501 g/mol. The molecule has 0 spiro atoms. The third-order valence-corrected chi connectivity index (χ3v) is 8.54. The van der Waals surface area contributed by atoms with Crippen molar-refractivity contribution in [1.82, 2.24) is 0 Å². The number of halogens is 1. The molecule has 0 saturated heterocycles. The van der Waals surface area contributed by atoms with Gasteiger partial charge < -0.3 is 9.64 Å². The molecule has 5 rings (SSSR count). The average Bonchev–Trinajstić information content (AvgIpc) is 2.89. The van der Waals surface area contributed by atoms with Crippen molar-refractivity contribution < 1.29 is 17.5 Å². The lowest BCUT2D eigenvalue weighted by molar-refractivity contribution is 0.413. The summed E-state index contributed by atoms with van der Waals surface area (Å²) >= 11 is 0. The van der Waals surface area contributed by atoms with Gasteiger partial charge in [0.1, 0.15) is 11.6 Å². The van der Waals surface area contributed by atoms with E-state index >= 15 is 0 Å². The van der Waals surface area contributed by atoms with Crippen molar-refractivity contribution in [2.75, 3.05) is 24.3 Å². The molecule has 1 heterocycles. The van der Waals surface area contributed by atoms with Crippen molar-refractivity contribution in [3.63, 3.8) is 0 Å². The van der Waals surface area contributed by atoms with Crippen molar-refractivity contribution in [2.45, 2.75) is 17.9 Å². The van der Waals surface area contributed by atoms with Crippen LogP contribution in [0.25, 0.3) is 11.1 Å². The van der Waals surface area contributed by atoms with E-state index in [4.69, 9.17) is 4.74 Å². The zero-order chi connectivity index (χ0) is 25.1. The molecule has 0 aromatic heterocycles. The highest BCUT2D eigenvalue weighted by Gasteiger charge is 2.29. The predicted molar refractivity (Wildman–Crippen MR) is 142 cm³/mol. The molecule has 0 saturated carbocycles. The summed E-state index contributed by atoms with van der Waals surface area (Å²) < 4.78 is 45.4. The molecule has 1 unspecified atom stereocenters. The predicted octanol–water partition coefficient (Wildman–Crippen LogP) is 6.15. The molecule has 0 amide bonds. The van der Waals surface area contributed by atoms with Gasteiger partial charge in [-0.15, -0.1) is 0 Å². The van der Waals surface area contributed by atoms with E-state index in [1.165, 1.54) is 24.8 Å². The van der Waals surface area contributed by atoms with E-state index < -0.39 is 9.84 Å². The van der Waals surface area contributed by atoms with Crippen molar-refractivity contribution in [3.05, 3.63) is 114 Å². The van der Waals surface area contributed by atoms with E-state index in [2.05, 4.69) is 35.2 Å². The van der Waals surface area contributed by atoms with Gasteiger partial charge in [-0.05, 0) is 77.1 Å². The highest BCUT2D eigenvalue weighted by atomic mass is 32.2. The molecule has 4 aromatic carbocycles. The molecule has 0 fully saturated rings.